The Morgan fingerprint density at radius 1 is 1.53 bits per heavy atom. The lowest BCUT2D eigenvalue weighted by Crippen LogP contribution is -2.26. The third-order valence-electron chi connectivity index (χ3n) is 3.33. The van der Waals surface area contributed by atoms with Gasteiger partial charge in [0.25, 0.3) is 0 Å². The van der Waals surface area contributed by atoms with Crippen molar-refractivity contribution in [3.8, 4) is 0 Å². The normalized spacial score (nSPS) is 22.8. The summed E-state index contributed by atoms with van der Waals surface area (Å²) in [6.45, 7) is 0.690. The summed E-state index contributed by atoms with van der Waals surface area (Å²) < 4.78 is 13.3. The summed E-state index contributed by atoms with van der Waals surface area (Å²) in [5.41, 5.74) is 0.687. The van der Waals surface area contributed by atoms with Crippen molar-refractivity contribution in [1.29, 1.82) is 0 Å². The smallest absolute Gasteiger partial charge is 0.308 e. The molecule has 0 radical (unpaired) electrons. The van der Waals surface area contributed by atoms with Crippen molar-refractivity contribution in [2.75, 3.05) is 13.6 Å². The van der Waals surface area contributed by atoms with Gasteiger partial charge >= 0.3 is 5.97 Å². The summed E-state index contributed by atoms with van der Waals surface area (Å²) in [5, 5.41) is 8.82. The van der Waals surface area contributed by atoms with Gasteiger partial charge in [-0.1, -0.05) is 18.2 Å². The van der Waals surface area contributed by atoms with Crippen LogP contribution >= 0.6 is 0 Å². The van der Waals surface area contributed by atoms with E-state index in [-0.39, 0.29) is 17.8 Å². The minimum Gasteiger partial charge on any atom is -0.481 e. The molecule has 0 saturated heterocycles. The van der Waals surface area contributed by atoms with Crippen LogP contribution in [0.2, 0.25) is 0 Å². The highest BCUT2D eigenvalue weighted by Crippen LogP contribution is 2.35. The van der Waals surface area contributed by atoms with Crippen molar-refractivity contribution in [2.45, 2.75) is 18.9 Å². The molecule has 0 aromatic heterocycles. The van der Waals surface area contributed by atoms with Crippen molar-refractivity contribution < 1.29 is 14.3 Å². The van der Waals surface area contributed by atoms with Crippen LogP contribution in [0.25, 0.3) is 0 Å². The highest BCUT2D eigenvalue weighted by Gasteiger charge is 2.45. The average molecular weight is 237 g/mol. The summed E-state index contributed by atoms with van der Waals surface area (Å²) in [4.78, 5) is 12.7. The first-order valence-electron chi connectivity index (χ1n) is 5.76. The second-order valence-electron chi connectivity index (χ2n) is 4.57. The molecule has 2 rings (SSSR count). The first-order valence-corrected chi connectivity index (χ1v) is 5.76. The molecule has 92 valence electrons. The van der Waals surface area contributed by atoms with Gasteiger partial charge in [0.1, 0.15) is 5.82 Å². The molecule has 3 nitrogen and oxygen atoms in total. The molecule has 1 saturated carbocycles. The fourth-order valence-electron chi connectivity index (χ4n) is 2.10. The van der Waals surface area contributed by atoms with Crippen LogP contribution in [0.1, 0.15) is 12.0 Å². The van der Waals surface area contributed by atoms with E-state index in [4.69, 9.17) is 5.11 Å². The number of likely N-dealkylation sites (N-methyl/N-ethyl adjacent to an activating group) is 1. The Labute approximate surface area is 99.9 Å². The van der Waals surface area contributed by atoms with Gasteiger partial charge in [-0.2, -0.15) is 0 Å². The van der Waals surface area contributed by atoms with Gasteiger partial charge < -0.3 is 10.0 Å². The maximum absolute atomic E-state index is 13.3. The highest BCUT2D eigenvalue weighted by atomic mass is 19.1. The van der Waals surface area contributed by atoms with Crippen LogP contribution in [0.15, 0.2) is 24.3 Å². The van der Waals surface area contributed by atoms with Gasteiger partial charge in [-0.05, 0) is 31.5 Å². The number of carbonyl (C=O) groups is 1. The molecule has 1 N–H and O–H groups in total. The minimum absolute atomic E-state index is 0.124. The van der Waals surface area contributed by atoms with Gasteiger partial charge in [0.15, 0.2) is 0 Å². The number of nitrogens with zero attached hydrogens (tertiary/aromatic N) is 1. The van der Waals surface area contributed by atoms with Crippen molar-refractivity contribution in [3.63, 3.8) is 0 Å². The zero-order valence-electron chi connectivity index (χ0n) is 9.77. The first kappa shape index (κ1) is 12.0. The third-order valence-corrected chi connectivity index (χ3v) is 3.33. The van der Waals surface area contributed by atoms with Crippen LogP contribution in [0, 0.1) is 11.7 Å². The maximum atomic E-state index is 13.3. The van der Waals surface area contributed by atoms with E-state index in [1.165, 1.54) is 6.07 Å². The van der Waals surface area contributed by atoms with Gasteiger partial charge in [0.05, 0.1) is 5.92 Å². The Hall–Kier alpha value is -1.42. The number of halogens is 1. The highest BCUT2D eigenvalue weighted by molar-refractivity contribution is 5.74. The summed E-state index contributed by atoms with van der Waals surface area (Å²) in [6, 6.07) is 6.83. The Kier molecular flexibility index (Phi) is 3.43. The van der Waals surface area contributed by atoms with E-state index < -0.39 is 5.97 Å². The van der Waals surface area contributed by atoms with Gasteiger partial charge in [-0.25, -0.2) is 4.39 Å². The summed E-state index contributed by atoms with van der Waals surface area (Å²) in [7, 11) is 1.90. The van der Waals surface area contributed by atoms with E-state index in [1.54, 1.807) is 12.1 Å². The molecule has 1 aliphatic carbocycles. The van der Waals surface area contributed by atoms with E-state index in [2.05, 4.69) is 0 Å². The molecule has 4 heteroatoms. The predicted octanol–water partition coefficient (Wildman–Crippen LogP) is 1.77. The second-order valence-corrected chi connectivity index (χ2v) is 4.57. The standard InChI is InChI=1S/C13H16FNO2/c1-15(12-8-10(12)13(16)17)7-6-9-4-2-3-5-11(9)14/h2-5,10,12H,6-8H2,1H3,(H,16,17). The summed E-state index contributed by atoms with van der Waals surface area (Å²) in [5.74, 6) is -1.15. The quantitative estimate of drug-likeness (QED) is 0.848. The van der Waals surface area contributed by atoms with E-state index in [0.717, 1.165) is 0 Å². The third kappa shape index (κ3) is 2.82. The van der Waals surface area contributed by atoms with E-state index in [9.17, 15) is 9.18 Å². The molecule has 2 unspecified atom stereocenters. The molecule has 0 aliphatic heterocycles. The number of carboxylic acids is 1. The number of hydrogen-bond donors (Lipinski definition) is 1. The molecule has 1 aromatic rings. The molecule has 0 amide bonds. The lowest BCUT2D eigenvalue weighted by Gasteiger charge is -2.16. The van der Waals surface area contributed by atoms with Crippen LogP contribution in [-0.2, 0) is 11.2 Å². The lowest BCUT2D eigenvalue weighted by molar-refractivity contribution is -0.138. The van der Waals surface area contributed by atoms with Gasteiger partial charge in [-0.15, -0.1) is 0 Å². The van der Waals surface area contributed by atoms with Gasteiger partial charge in [-0.3, -0.25) is 4.79 Å². The molecule has 0 spiro atoms. The molecule has 0 heterocycles. The van der Waals surface area contributed by atoms with Crippen molar-refractivity contribution in [1.82, 2.24) is 4.90 Å². The Morgan fingerprint density at radius 2 is 2.24 bits per heavy atom. The van der Waals surface area contributed by atoms with E-state index in [0.29, 0.717) is 24.9 Å². The zero-order valence-corrected chi connectivity index (χ0v) is 9.77. The second kappa shape index (κ2) is 4.84. The van der Waals surface area contributed by atoms with Crippen LogP contribution in [0.3, 0.4) is 0 Å². The monoisotopic (exact) mass is 237 g/mol. The zero-order chi connectivity index (χ0) is 12.4. The van der Waals surface area contributed by atoms with Gasteiger partial charge in [0.2, 0.25) is 0 Å². The molecular weight excluding hydrogens is 221 g/mol. The van der Waals surface area contributed by atoms with Crippen molar-refractivity contribution in [3.05, 3.63) is 35.6 Å². The summed E-state index contributed by atoms with van der Waals surface area (Å²) >= 11 is 0. The van der Waals surface area contributed by atoms with Gasteiger partial charge in [0, 0.05) is 12.6 Å². The van der Waals surface area contributed by atoms with Crippen LogP contribution in [-0.4, -0.2) is 35.6 Å². The molecular formula is C13H16FNO2. The topological polar surface area (TPSA) is 40.5 Å². The van der Waals surface area contributed by atoms with Crippen molar-refractivity contribution in [2.24, 2.45) is 5.92 Å². The number of carboxylic acid groups (broad SMARTS) is 1. The molecule has 1 fully saturated rings. The Morgan fingerprint density at radius 3 is 2.82 bits per heavy atom. The van der Waals surface area contributed by atoms with Crippen molar-refractivity contribution >= 4 is 5.97 Å². The molecule has 1 aromatic carbocycles. The average Bonchev–Trinajstić information content (AvgIpc) is 3.07. The number of aliphatic carboxylic acids is 1. The molecule has 2 atom stereocenters. The summed E-state index contributed by atoms with van der Waals surface area (Å²) in [6.07, 6.45) is 1.33. The number of rotatable bonds is 5. The fraction of sp³-hybridized carbons (Fsp3) is 0.462. The van der Waals surface area contributed by atoms with Crippen LogP contribution in [0.4, 0.5) is 4.39 Å². The van der Waals surface area contributed by atoms with E-state index in [1.807, 2.05) is 18.0 Å². The minimum atomic E-state index is -0.729. The number of hydrogen-bond acceptors (Lipinski definition) is 2. The predicted molar refractivity (Wildman–Crippen MR) is 62.3 cm³/mol. The fourth-order valence-corrected chi connectivity index (χ4v) is 2.10. The Bertz CT molecular complexity index is 422. The molecule has 17 heavy (non-hydrogen) atoms. The van der Waals surface area contributed by atoms with Crippen LogP contribution < -0.4 is 0 Å². The van der Waals surface area contributed by atoms with Crippen LogP contribution in [0.5, 0.6) is 0 Å². The number of benzene rings is 1. The molecule has 0 bridgehead atoms. The maximum Gasteiger partial charge on any atom is 0.308 e. The van der Waals surface area contributed by atoms with E-state index >= 15 is 0 Å². The molecule has 1 aliphatic rings. The lowest BCUT2D eigenvalue weighted by atomic mass is 10.1. The first-order chi connectivity index (χ1) is 8.09. The Balaban J connectivity index is 1.83. The largest absolute Gasteiger partial charge is 0.481 e. The SMILES string of the molecule is CN(CCc1ccccc1F)C1CC1C(=O)O.